The van der Waals surface area contributed by atoms with Gasteiger partial charge in [0.15, 0.2) is 0 Å². The summed E-state index contributed by atoms with van der Waals surface area (Å²) in [7, 11) is 0. The molecule has 23 heavy (non-hydrogen) atoms. The van der Waals surface area contributed by atoms with Crippen LogP contribution in [-0.4, -0.2) is 37.7 Å². The monoisotopic (exact) mass is 313 g/mol. The fourth-order valence-corrected chi connectivity index (χ4v) is 3.06. The Hall–Kier alpha value is -2.63. The predicted octanol–water partition coefficient (Wildman–Crippen LogP) is 1.86. The maximum Gasteiger partial charge on any atom is 0.326 e. The Morgan fingerprint density at radius 1 is 1.30 bits per heavy atom. The van der Waals surface area contributed by atoms with E-state index < -0.39 is 12.0 Å². The van der Waals surface area contributed by atoms with Crippen molar-refractivity contribution in [3.05, 3.63) is 52.8 Å². The number of carboxylic acid groups (broad SMARTS) is 1. The highest BCUT2D eigenvalue weighted by Gasteiger charge is 2.36. The largest absolute Gasteiger partial charge is 0.480 e. The summed E-state index contributed by atoms with van der Waals surface area (Å²) in [4.78, 5) is 26.0. The average Bonchev–Trinajstić information content (AvgIpc) is 2.93. The van der Waals surface area contributed by atoms with Gasteiger partial charge < -0.3 is 10.0 Å². The lowest BCUT2D eigenvalue weighted by Crippen LogP contribution is -2.49. The van der Waals surface area contributed by atoms with Crippen molar-refractivity contribution in [1.29, 1.82) is 0 Å². The highest BCUT2D eigenvalue weighted by molar-refractivity contribution is 5.95. The lowest BCUT2D eigenvalue weighted by Gasteiger charge is -2.34. The standard InChI is InChI=1S/C17H19N3O3/c1-3-20-14(8-11(2)18-20)16(21)19-10-13-7-5-4-6-12(13)9-15(19)17(22)23/h4-8,15H,3,9-10H2,1-2H3,(H,22,23). The van der Waals surface area contributed by atoms with Crippen LogP contribution in [0.5, 0.6) is 0 Å². The second-order valence-corrected chi connectivity index (χ2v) is 5.75. The summed E-state index contributed by atoms with van der Waals surface area (Å²) in [6.45, 7) is 4.60. The minimum absolute atomic E-state index is 0.283. The van der Waals surface area contributed by atoms with E-state index in [4.69, 9.17) is 0 Å². The van der Waals surface area contributed by atoms with Crippen molar-refractivity contribution in [3.8, 4) is 0 Å². The molecule has 2 aromatic rings. The Morgan fingerprint density at radius 2 is 2.00 bits per heavy atom. The van der Waals surface area contributed by atoms with E-state index in [0.29, 0.717) is 25.2 Å². The SMILES string of the molecule is CCn1nc(C)cc1C(=O)N1Cc2ccccc2CC1C(=O)O. The molecule has 0 saturated carbocycles. The zero-order valence-electron chi connectivity index (χ0n) is 13.2. The number of carbonyl (C=O) groups is 2. The third-order valence-corrected chi connectivity index (χ3v) is 4.22. The predicted molar refractivity (Wildman–Crippen MR) is 84.1 cm³/mol. The Morgan fingerprint density at radius 3 is 2.65 bits per heavy atom. The van der Waals surface area contributed by atoms with E-state index in [0.717, 1.165) is 16.8 Å². The number of benzene rings is 1. The zero-order chi connectivity index (χ0) is 16.6. The minimum atomic E-state index is -0.980. The van der Waals surface area contributed by atoms with Gasteiger partial charge in [-0.2, -0.15) is 5.10 Å². The van der Waals surface area contributed by atoms with E-state index in [1.807, 2.05) is 38.1 Å². The molecular formula is C17H19N3O3. The molecule has 0 spiro atoms. The van der Waals surface area contributed by atoms with Gasteiger partial charge in [-0.25, -0.2) is 4.79 Å². The molecule has 1 atom stereocenters. The number of hydrogen-bond acceptors (Lipinski definition) is 3. The fraction of sp³-hybridized carbons (Fsp3) is 0.353. The number of hydrogen-bond donors (Lipinski definition) is 1. The van der Waals surface area contributed by atoms with E-state index in [-0.39, 0.29) is 5.91 Å². The van der Waals surface area contributed by atoms with Crippen LogP contribution in [0, 0.1) is 6.92 Å². The molecule has 1 amide bonds. The number of aromatic nitrogens is 2. The van der Waals surface area contributed by atoms with Gasteiger partial charge in [0.1, 0.15) is 11.7 Å². The first-order valence-corrected chi connectivity index (χ1v) is 7.66. The number of nitrogens with zero attached hydrogens (tertiary/aromatic N) is 3. The summed E-state index contributed by atoms with van der Waals surface area (Å²) in [5, 5.41) is 13.8. The Kier molecular flexibility index (Phi) is 3.90. The summed E-state index contributed by atoms with van der Waals surface area (Å²) in [5.41, 5.74) is 3.18. The Labute approximate surface area is 134 Å². The molecule has 120 valence electrons. The molecule has 0 bridgehead atoms. The average molecular weight is 313 g/mol. The van der Waals surface area contributed by atoms with Crippen LogP contribution in [0.4, 0.5) is 0 Å². The van der Waals surface area contributed by atoms with Gasteiger partial charge in [0.25, 0.3) is 5.91 Å². The molecule has 1 aromatic heterocycles. The first kappa shape index (κ1) is 15.3. The van der Waals surface area contributed by atoms with E-state index in [9.17, 15) is 14.7 Å². The van der Waals surface area contributed by atoms with Gasteiger partial charge in [0, 0.05) is 19.5 Å². The number of carbonyl (C=O) groups excluding carboxylic acids is 1. The second-order valence-electron chi connectivity index (χ2n) is 5.75. The third-order valence-electron chi connectivity index (χ3n) is 4.22. The maximum absolute atomic E-state index is 12.9. The Bertz CT molecular complexity index is 766. The molecule has 1 N–H and O–H groups in total. The molecule has 0 aliphatic carbocycles. The van der Waals surface area contributed by atoms with Crippen LogP contribution in [0.3, 0.4) is 0 Å². The maximum atomic E-state index is 12.9. The fourth-order valence-electron chi connectivity index (χ4n) is 3.06. The highest BCUT2D eigenvalue weighted by atomic mass is 16.4. The van der Waals surface area contributed by atoms with Crippen molar-refractivity contribution in [2.75, 3.05) is 0 Å². The van der Waals surface area contributed by atoms with Crippen molar-refractivity contribution >= 4 is 11.9 Å². The normalized spacial score (nSPS) is 17.0. The van der Waals surface area contributed by atoms with Crippen molar-refractivity contribution in [3.63, 3.8) is 0 Å². The third kappa shape index (κ3) is 2.72. The van der Waals surface area contributed by atoms with E-state index in [1.165, 1.54) is 4.90 Å². The van der Waals surface area contributed by atoms with E-state index in [2.05, 4.69) is 5.10 Å². The van der Waals surface area contributed by atoms with E-state index >= 15 is 0 Å². The van der Waals surface area contributed by atoms with Crippen molar-refractivity contribution in [2.24, 2.45) is 0 Å². The highest BCUT2D eigenvalue weighted by Crippen LogP contribution is 2.25. The topological polar surface area (TPSA) is 75.4 Å². The number of amides is 1. The molecule has 1 aliphatic heterocycles. The molecule has 2 heterocycles. The number of aliphatic carboxylic acids is 1. The molecule has 0 saturated heterocycles. The number of carboxylic acids is 1. The minimum Gasteiger partial charge on any atom is -0.480 e. The summed E-state index contributed by atoms with van der Waals surface area (Å²) in [6.07, 6.45) is 0.330. The van der Waals surface area contributed by atoms with Gasteiger partial charge in [-0.3, -0.25) is 9.48 Å². The molecule has 1 aliphatic rings. The van der Waals surface area contributed by atoms with Crippen molar-refractivity contribution in [1.82, 2.24) is 14.7 Å². The molecule has 6 heteroatoms. The van der Waals surface area contributed by atoms with Gasteiger partial charge >= 0.3 is 5.97 Å². The number of rotatable bonds is 3. The lowest BCUT2D eigenvalue weighted by atomic mass is 9.93. The summed E-state index contributed by atoms with van der Waals surface area (Å²) < 4.78 is 1.62. The molecule has 0 fully saturated rings. The molecule has 0 radical (unpaired) electrons. The van der Waals surface area contributed by atoms with Crippen molar-refractivity contribution in [2.45, 2.75) is 39.4 Å². The van der Waals surface area contributed by atoms with Gasteiger partial charge in [-0.15, -0.1) is 0 Å². The molecule has 6 nitrogen and oxygen atoms in total. The first-order valence-electron chi connectivity index (χ1n) is 7.66. The Balaban J connectivity index is 1.99. The van der Waals surface area contributed by atoms with Crippen LogP contribution >= 0.6 is 0 Å². The number of fused-ring (bicyclic) bond motifs is 1. The summed E-state index contributed by atoms with van der Waals surface area (Å²) in [5.74, 6) is -1.26. The van der Waals surface area contributed by atoms with Crippen LogP contribution < -0.4 is 0 Å². The van der Waals surface area contributed by atoms with Crippen LogP contribution in [0.25, 0.3) is 0 Å². The van der Waals surface area contributed by atoms with E-state index in [1.54, 1.807) is 10.7 Å². The molecule has 1 aromatic carbocycles. The quantitative estimate of drug-likeness (QED) is 0.938. The molecule has 3 rings (SSSR count). The van der Waals surface area contributed by atoms with Gasteiger partial charge in [-0.05, 0) is 31.0 Å². The van der Waals surface area contributed by atoms with Gasteiger partial charge in [-0.1, -0.05) is 24.3 Å². The summed E-state index contributed by atoms with van der Waals surface area (Å²) in [6, 6.07) is 8.53. The van der Waals surface area contributed by atoms with Crippen LogP contribution in [0.15, 0.2) is 30.3 Å². The second kappa shape index (κ2) is 5.87. The van der Waals surface area contributed by atoms with Gasteiger partial charge in [0.2, 0.25) is 0 Å². The first-order chi connectivity index (χ1) is 11.0. The van der Waals surface area contributed by atoms with Crippen LogP contribution in [-0.2, 0) is 24.3 Å². The van der Waals surface area contributed by atoms with Crippen LogP contribution in [0.2, 0.25) is 0 Å². The smallest absolute Gasteiger partial charge is 0.326 e. The molecular weight excluding hydrogens is 294 g/mol. The number of aryl methyl sites for hydroxylation is 2. The van der Waals surface area contributed by atoms with Crippen molar-refractivity contribution < 1.29 is 14.7 Å². The lowest BCUT2D eigenvalue weighted by molar-refractivity contribution is -0.142. The van der Waals surface area contributed by atoms with Crippen LogP contribution in [0.1, 0.15) is 34.2 Å². The van der Waals surface area contributed by atoms with Gasteiger partial charge in [0.05, 0.1) is 5.69 Å². The molecule has 1 unspecified atom stereocenters. The summed E-state index contributed by atoms with van der Waals surface area (Å²) >= 11 is 0. The zero-order valence-corrected chi connectivity index (χ0v) is 13.2.